The Bertz CT molecular complexity index is 916. The van der Waals surface area contributed by atoms with Gasteiger partial charge in [-0.3, -0.25) is 9.59 Å². The average Bonchev–Trinajstić information content (AvgIpc) is 2.67. The van der Waals surface area contributed by atoms with E-state index < -0.39 is 23.4 Å². The predicted octanol–water partition coefficient (Wildman–Crippen LogP) is 3.12. The van der Waals surface area contributed by atoms with Crippen molar-refractivity contribution in [2.75, 3.05) is 19.5 Å². The van der Waals surface area contributed by atoms with Gasteiger partial charge in [-0.05, 0) is 31.2 Å². The van der Waals surface area contributed by atoms with Gasteiger partial charge in [-0.1, -0.05) is 0 Å². The van der Waals surface area contributed by atoms with Gasteiger partial charge in [0.1, 0.15) is 23.1 Å². The number of nitrogens with zero attached hydrogens (tertiary/aromatic N) is 1. The molecule has 0 heterocycles. The minimum atomic E-state index is -0.886. The molecule has 2 rings (SSSR count). The van der Waals surface area contributed by atoms with Gasteiger partial charge in [0.25, 0.3) is 5.91 Å². The molecule has 0 aliphatic carbocycles. The molecule has 2 aromatic carbocycles. The fraction of sp³-hybridized carbons (Fsp3) is 0.211. The first-order valence-electron chi connectivity index (χ1n) is 8.14. The molecule has 0 fully saturated rings. The van der Waals surface area contributed by atoms with Crippen LogP contribution in [0.4, 0.5) is 14.5 Å². The van der Waals surface area contributed by atoms with Gasteiger partial charge in [0.05, 0.1) is 31.9 Å². The molecule has 0 saturated carbocycles. The van der Waals surface area contributed by atoms with E-state index >= 15 is 0 Å². The summed E-state index contributed by atoms with van der Waals surface area (Å²) in [6.45, 7) is 1.52. The number of carbonyl (C=O) groups excluding carboxylic acids is 2. The molecule has 0 unspecified atom stereocenters. The number of ether oxygens (including phenoxy) is 2. The highest BCUT2D eigenvalue weighted by Gasteiger charge is 2.14. The van der Waals surface area contributed by atoms with Crippen LogP contribution in [0.1, 0.15) is 23.7 Å². The Morgan fingerprint density at radius 1 is 1.07 bits per heavy atom. The number of hydrogen-bond donors (Lipinski definition) is 2. The number of rotatable bonds is 7. The van der Waals surface area contributed by atoms with E-state index in [0.717, 1.165) is 12.1 Å². The van der Waals surface area contributed by atoms with E-state index in [0.29, 0.717) is 17.6 Å². The highest BCUT2D eigenvalue weighted by molar-refractivity contribution is 6.06. The summed E-state index contributed by atoms with van der Waals surface area (Å²) in [6, 6.07) is 7.48. The number of anilines is 1. The predicted molar refractivity (Wildman–Crippen MR) is 99.7 cm³/mol. The van der Waals surface area contributed by atoms with E-state index in [1.165, 1.54) is 27.2 Å². The van der Waals surface area contributed by atoms with Gasteiger partial charge in [0.2, 0.25) is 5.91 Å². The molecule has 0 bridgehead atoms. The summed E-state index contributed by atoms with van der Waals surface area (Å²) in [5.74, 6) is -1.91. The fourth-order valence-electron chi connectivity index (χ4n) is 2.25. The number of hydrazone groups is 1. The van der Waals surface area contributed by atoms with Crippen LogP contribution >= 0.6 is 0 Å². The molecule has 0 aliphatic heterocycles. The van der Waals surface area contributed by atoms with Gasteiger partial charge < -0.3 is 14.8 Å². The van der Waals surface area contributed by atoms with Gasteiger partial charge in [-0.15, -0.1) is 0 Å². The zero-order valence-corrected chi connectivity index (χ0v) is 15.5. The lowest BCUT2D eigenvalue weighted by Gasteiger charge is -2.09. The van der Waals surface area contributed by atoms with Gasteiger partial charge in [0, 0.05) is 17.8 Å². The number of nitrogens with one attached hydrogen (secondary N) is 2. The average molecular weight is 391 g/mol. The van der Waals surface area contributed by atoms with Crippen LogP contribution in [0.25, 0.3) is 0 Å². The second kappa shape index (κ2) is 9.45. The Kier molecular flexibility index (Phi) is 7.02. The normalized spacial score (nSPS) is 11.0. The van der Waals surface area contributed by atoms with Crippen molar-refractivity contribution in [1.82, 2.24) is 5.43 Å². The molecule has 28 heavy (non-hydrogen) atoms. The van der Waals surface area contributed by atoms with E-state index in [4.69, 9.17) is 9.47 Å². The Labute approximate surface area is 160 Å². The minimum absolute atomic E-state index is 0.147. The number of halogens is 2. The lowest BCUT2D eigenvalue weighted by atomic mass is 10.2. The Hall–Kier alpha value is -3.49. The first-order chi connectivity index (χ1) is 13.3. The molecule has 7 nitrogen and oxygen atoms in total. The van der Waals surface area contributed by atoms with Gasteiger partial charge in [-0.2, -0.15) is 5.10 Å². The molecule has 0 aromatic heterocycles. The first-order valence-corrected chi connectivity index (χ1v) is 8.14. The molecule has 0 saturated heterocycles. The Morgan fingerprint density at radius 2 is 1.82 bits per heavy atom. The van der Waals surface area contributed by atoms with Crippen LogP contribution in [0.2, 0.25) is 0 Å². The maximum absolute atomic E-state index is 13.6. The summed E-state index contributed by atoms with van der Waals surface area (Å²) in [4.78, 5) is 24.2. The quantitative estimate of drug-likeness (QED) is 0.561. The Morgan fingerprint density at radius 3 is 2.46 bits per heavy atom. The summed E-state index contributed by atoms with van der Waals surface area (Å²) in [5, 5.41) is 6.16. The van der Waals surface area contributed by atoms with Crippen LogP contribution in [-0.4, -0.2) is 31.7 Å². The van der Waals surface area contributed by atoms with Crippen molar-refractivity contribution in [3.63, 3.8) is 0 Å². The smallest absolute Gasteiger partial charge is 0.275 e. The lowest BCUT2D eigenvalue weighted by Crippen LogP contribution is -2.22. The van der Waals surface area contributed by atoms with Gasteiger partial charge >= 0.3 is 0 Å². The highest BCUT2D eigenvalue weighted by Crippen LogP contribution is 2.24. The van der Waals surface area contributed by atoms with Crippen molar-refractivity contribution in [3.05, 3.63) is 53.6 Å². The number of methoxy groups -OCH3 is 2. The topological polar surface area (TPSA) is 89.0 Å². The van der Waals surface area contributed by atoms with Crippen LogP contribution in [0.15, 0.2) is 41.5 Å². The minimum Gasteiger partial charge on any atom is -0.497 e. The third-order valence-corrected chi connectivity index (χ3v) is 3.62. The second-order valence-corrected chi connectivity index (χ2v) is 5.70. The fourth-order valence-corrected chi connectivity index (χ4v) is 2.25. The summed E-state index contributed by atoms with van der Waals surface area (Å²) in [6.07, 6.45) is -0.198. The maximum atomic E-state index is 13.6. The zero-order chi connectivity index (χ0) is 20.7. The highest BCUT2D eigenvalue weighted by atomic mass is 19.1. The standard InChI is InChI=1S/C19H19F2N3O4/c1-11(8-18(25)22-16-7-4-12(20)9-15(16)21)23-24-19(26)14-6-5-13(27-2)10-17(14)28-3/h4-7,9-10H,8H2,1-3H3,(H,22,25)(H,24,26). The van der Waals surface area contributed by atoms with Crippen molar-refractivity contribution < 1.29 is 27.8 Å². The second-order valence-electron chi connectivity index (χ2n) is 5.70. The first kappa shape index (κ1) is 20.8. The third kappa shape index (κ3) is 5.50. The lowest BCUT2D eigenvalue weighted by molar-refractivity contribution is -0.115. The van der Waals surface area contributed by atoms with E-state index in [2.05, 4.69) is 15.8 Å². The number of benzene rings is 2. The van der Waals surface area contributed by atoms with Crippen molar-refractivity contribution in [3.8, 4) is 11.5 Å². The van der Waals surface area contributed by atoms with E-state index in [-0.39, 0.29) is 23.4 Å². The monoisotopic (exact) mass is 391 g/mol. The van der Waals surface area contributed by atoms with Crippen LogP contribution in [-0.2, 0) is 4.79 Å². The molecule has 148 valence electrons. The largest absolute Gasteiger partial charge is 0.497 e. The maximum Gasteiger partial charge on any atom is 0.275 e. The number of carbonyl (C=O) groups is 2. The molecule has 0 aliphatic rings. The van der Waals surface area contributed by atoms with Crippen LogP contribution in [0, 0.1) is 11.6 Å². The molecule has 9 heteroatoms. The molecule has 2 aromatic rings. The molecule has 2 amide bonds. The van der Waals surface area contributed by atoms with Crippen molar-refractivity contribution in [2.24, 2.45) is 5.10 Å². The van der Waals surface area contributed by atoms with E-state index in [1.807, 2.05) is 0 Å². The van der Waals surface area contributed by atoms with Gasteiger partial charge in [0.15, 0.2) is 0 Å². The summed E-state index contributed by atoms with van der Waals surface area (Å²) in [7, 11) is 2.91. The molecule has 2 N–H and O–H groups in total. The van der Waals surface area contributed by atoms with E-state index in [9.17, 15) is 18.4 Å². The molecular formula is C19H19F2N3O4. The summed E-state index contributed by atoms with van der Waals surface area (Å²) in [5.41, 5.74) is 2.69. The van der Waals surface area contributed by atoms with Crippen LogP contribution in [0.3, 0.4) is 0 Å². The summed E-state index contributed by atoms with van der Waals surface area (Å²) >= 11 is 0. The molecular weight excluding hydrogens is 372 g/mol. The van der Waals surface area contributed by atoms with Gasteiger partial charge in [-0.25, -0.2) is 14.2 Å². The Balaban J connectivity index is 1.98. The number of amides is 2. The van der Waals surface area contributed by atoms with Crippen LogP contribution in [0.5, 0.6) is 11.5 Å². The van der Waals surface area contributed by atoms with Crippen LogP contribution < -0.4 is 20.2 Å². The molecule has 0 spiro atoms. The van der Waals surface area contributed by atoms with Crippen molar-refractivity contribution >= 4 is 23.2 Å². The van der Waals surface area contributed by atoms with Crippen molar-refractivity contribution in [1.29, 1.82) is 0 Å². The summed E-state index contributed by atoms with van der Waals surface area (Å²) < 4.78 is 36.6. The SMILES string of the molecule is COc1ccc(C(=O)NN=C(C)CC(=O)Nc2ccc(F)cc2F)c(OC)c1. The van der Waals surface area contributed by atoms with Crippen molar-refractivity contribution in [2.45, 2.75) is 13.3 Å². The third-order valence-electron chi connectivity index (χ3n) is 3.62. The molecule has 0 atom stereocenters. The zero-order valence-electron chi connectivity index (χ0n) is 15.5. The number of hydrogen-bond acceptors (Lipinski definition) is 5. The van der Waals surface area contributed by atoms with E-state index in [1.54, 1.807) is 12.1 Å². The molecule has 0 radical (unpaired) electrons.